The zero-order valence-electron chi connectivity index (χ0n) is 9.84. The molecule has 0 saturated carbocycles. The lowest BCUT2D eigenvalue weighted by Crippen LogP contribution is -2.05. The Labute approximate surface area is 107 Å². The number of benzene rings is 2. The van der Waals surface area contributed by atoms with Crippen molar-refractivity contribution in [1.29, 1.82) is 0 Å². The van der Waals surface area contributed by atoms with Crippen LogP contribution in [0.15, 0.2) is 24.3 Å². The first-order valence-electron chi connectivity index (χ1n) is 5.85. The Bertz CT molecular complexity index is 692. The van der Waals surface area contributed by atoms with Crippen LogP contribution in [0.5, 0.6) is 0 Å². The van der Waals surface area contributed by atoms with Gasteiger partial charge < -0.3 is 4.79 Å². The molecule has 19 heavy (non-hydrogen) atoms. The lowest BCUT2D eigenvalue weighted by atomic mass is 9.98. The zero-order valence-corrected chi connectivity index (χ0v) is 9.84. The van der Waals surface area contributed by atoms with Crippen LogP contribution in [-0.4, -0.2) is 6.29 Å². The van der Waals surface area contributed by atoms with Crippen LogP contribution in [0.25, 0.3) is 11.1 Å². The van der Waals surface area contributed by atoms with E-state index < -0.39 is 17.5 Å². The summed E-state index contributed by atoms with van der Waals surface area (Å²) in [6, 6.07) is 6.96. The maximum atomic E-state index is 14.0. The highest BCUT2D eigenvalue weighted by Crippen LogP contribution is 2.42. The maximum absolute atomic E-state index is 14.0. The molecule has 96 valence electrons. The van der Waals surface area contributed by atoms with Crippen molar-refractivity contribution in [3.05, 3.63) is 58.4 Å². The number of carbonyl (C=O) groups is 1. The molecule has 2 aromatic rings. The first-order chi connectivity index (χ1) is 9.15. The molecule has 1 aliphatic rings. The number of rotatable bonds is 2. The summed E-state index contributed by atoms with van der Waals surface area (Å²) in [5, 5.41) is 0. The van der Waals surface area contributed by atoms with Gasteiger partial charge >= 0.3 is 0 Å². The van der Waals surface area contributed by atoms with Crippen molar-refractivity contribution in [2.45, 2.75) is 12.8 Å². The second kappa shape index (κ2) is 4.23. The normalized spacial score (nSPS) is 12.2. The second-order valence-corrected chi connectivity index (χ2v) is 4.48. The molecule has 0 aromatic heterocycles. The number of fused-ring (bicyclic) bond motifs is 3. The molecule has 0 spiro atoms. The van der Waals surface area contributed by atoms with Gasteiger partial charge in [-0.2, -0.15) is 0 Å². The largest absolute Gasteiger partial charge is 0.303 e. The van der Waals surface area contributed by atoms with Gasteiger partial charge in [0.05, 0.1) is 0 Å². The van der Waals surface area contributed by atoms with Gasteiger partial charge in [0.2, 0.25) is 0 Å². The number of halogens is 3. The summed E-state index contributed by atoms with van der Waals surface area (Å²) in [4.78, 5) is 10.6. The minimum Gasteiger partial charge on any atom is -0.303 e. The van der Waals surface area contributed by atoms with Crippen molar-refractivity contribution in [3.8, 4) is 11.1 Å². The molecule has 0 radical (unpaired) electrons. The van der Waals surface area contributed by atoms with E-state index in [2.05, 4.69) is 0 Å². The summed E-state index contributed by atoms with van der Waals surface area (Å²) in [5.41, 5.74) is 1.81. The fourth-order valence-electron chi connectivity index (χ4n) is 2.64. The van der Waals surface area contributed by atoms with Gasteiger partial charge in [-0.05, 0) is 23.1 Å². The predicted octanol–water partition coefficient (Wildman–Crippen LogP) is 3.42. The fraction of sp³-hybridized carbons (Fsp3) is 0.133. The van der Waals surface area contributed by atoms with Gasteiger partial charge in [0.25, 0.3) is 0 Å². The highest BCUT2D eigenvalue weighted by molar-refractivity contribution is 5.79. The molecular weight excluding hydrogens is 253 g/mol. The summed E-state index contributed by atoms with van der Waals surface area (Å²) in [5.74, 6) is -3.93. The van der Waals surface area contributed by atoms with Crippen molar-refractivity contribution in [3.63, 3.8) is 0 Å². The molecule has 1 nitrogen and oxygen atoms in total. The lowest BCUT2D eigenvalue weighted by Gasteiger charge is -2.10. The second-order valence-electron chi connectivity index (χ2n) is 4.48. The molecule has 0 fully saturated rings. The van der Waals surface area contributed by atoms with Crippen molar-refractivity contribution < 1.29 is 18.0 Å². The van der Waals surface area contributed by atoms with Crippen molar-refractivity contribution in [2.24, 2.45) is 0 Å². The summed E-state index contributed by atoms with van der Waals surface area (Å²) in [7, 11) is 0. The minimum atomic E-state index is -1.51. The van der Waals surface area contributed by atoms with Gasteiger partial charge in [-0.15, -0.1) is 0 Å². The summed E-state index contributed by atoms with van der Waals surface area (Å²) >= 11 is 0. The van der Waals surface area contributed by atoms with Crippen LogP contribution in [0.2, 0.25) is 0 Å². The molecule has 0 aliphatic heterocycles. The standard InChI is InChI=1S/C15H9F3O/c16-13-10(5-6-19)11-7-8-3-1-2-4-9(8)12(11)14(17)15(13)18/h1-4,6H,5,7H2. The Hall–Kier alpha value is -2.10. The van der Waals surface area contributed by atoms with E-state index in [-0.39, 0.29) is 17.5 Å². The molecule has 4 heteroatoms. The van der Waals surface area contributed by atoms with E-state index in [1.807, 2.05) is 0 Å². The highest BCUT2D eigenvalue weighted by atomic mass is 19.2. The molecule has 0 atom stereocenters. The van der Waals surface area contributed by atoms with Gasteiger partial charge in [0.15, 0.2) is 17.5 Å². The van der Waals surface area contributed by atoms with E-state index in [1.54, 1.807) is 24.3 Å². The average Bonchev–Trinajstić information content (AvgIpc) is 2.80. The molecule has 1 aliphatic carbocycles. The zero-order chi connectivity index (χ0) is 13.6. The fourth-order valence-corrected chi connectivity index (χ4v) is 2.64. The number of hydrogen-bond donors (Lipinski definition) is 0. The molecule has 2 aromatic carbocycles. The quantitative estimate of drug-likeness (QED) is 0.511. The molecular formula is C15H9F3O. The topological polar surface area (TPSA) is 17.1 Å². The first-order valence-corrected chi connectivity index (χ1v) is 5.85. The molecule has 0 N–H and O–H groups in total. The molecule has 3 rings (SSSR count). The number of hydrogen-bond acceptors (Lipinski definition) is 1. The Morgan fingerprint density at radius 2 is 1.79 bits per heavy atom. The van der Waals surface area contributed by atoms with Crippen molar-refractivity contribution in [1.82, 2.24) is 0 Å². The van der Waals surface area contributed by atoms with E-state index in [0.717, 1.165) is 5.56 Å². The Kier molecular flexibility index (Phi) is 2.66. The third kappa shape index (κ3) is 1.59. The van der Waals surface area contributed by atoms with Gasteiger partial charge in [-0.3, -0.25) is 0 Å². The van der Waals surface area contributed by atoms with E-state index in [9.17, 15) is 18.0 Å². The Balaban J connectivity index is 2.36. The van der Waals surface area contributed by atoms with Crippen LogP contribution in [0, 0.1) is 17.5 Å². The summed E-state index contributed by atoms with van der Waals surface area (Å²) in [6.07, 6.45) is 0.571. The van der Waals surface area contributed by atoms with Crippen molar-refractivity contribution in [2.75, 3.05) is 0 Å². The SMILES string of the molecule is O=CCc1c(F)c(F)c(F)c2c1Cc1ccccc1-2. The van der Waals surface area contributed by atoms with E-state index in [4.69, 9.17) is 0 Å². The minimum absolute atomic E-state index is 0.0416. The molecule has 0 heterocycles. The van der Waals surface area contributed by atoms with E-state index >= 15 is 0 Å². The molecule has 0 amide bonds. The van der Waals surface area contributed by atoms with Gasteiger partial charge in [-0.1, -0.05) is 24.3 Å². The van der Waals surface area contributed by atoms with Crippen LogP contribution in [0.3, 0.4) is 0 Å². The van der Waals surface area contributed by atoms with Crippen LogP contribution in [-0.2, 0) is 17.6 Å². The third-order valence-electron chi connectivity index (χ3n) is 3.48. The lowest BCUT2D eigenvalue weighted by molar-refractivity contribution is -0.107. The Morgan fingerprint density at radius 3 is 2.53 bits per heavy atom. The summed E-state index contributed by atoms with van der Waals surface area (Å²) in [6.45, 7) is 0. The highest BCUT2D eigenvalue weighted by Gasteiger charge is 2.30. The van der Waals surface area contributed by atoms with E-state index in [1.165, 1.54) is 0 Å². The number of aldehydes is 1. The van der Waals surface area contributed by atoms with Crippen LogP contribution < -0.4 is 0 Å². The third-order valence-corrected chi connectivity index (χ3v) is 3.48. The monoisotopic (exact) mass is 262 g/mol. The Morgan fingerprint density at radius 1 is 1.05 bits per heavy atom. The van der Waals surface area contributed by atoms with Gasteiger partial charge in [-0.25, -0.2) is 13.2 Å². The smallest absolute Gasteiger partial charge is 0.195 e. The van der Waals surface area contributed by atoms with E-state index in [0.29, 0.717) is 23.8 Å². The molecule has 0 saturated heterocycles. The first kappa shape index (κ1) is 12.0. The van der Waals surface area contributed by atoms with Gasteiger partial charge in [0.1, 0.15) is 6.29 Å². The van der Waals surface area contributed by atoms with Gasteiger partial charge in [0, 0.05) is 17.5 Å². The predicted molar refractivity (Wildman–Crippen MR) is 64.3 cm³/mol. The maximum Gasteiger partial charge on any atom is 0.195 e. The molecule has 0 unspecified atom stereocenters. The van der Waals surface area contributed by atoms with Crippen LogP contribution in [0.4, 0.5) is 13.2 Å². The van der Waals surface area contributed by atoms with Crippen LogP contribution >= 0.6 is 0 Å². The van der Waals surface area contributed by atoms with Crippen LogP contribution in [0.1, 0.15) is 16.7 Å². The molecule has 0 bridgehead atoms. The van der Waals surface area contributed by atoms with Crippen molar-refractivity contribution >= 4 is 6.29 Å². The average molecular weight is 262 g/mol. The summed E-state index contributed by atoms with van der Waals surface area (Å²) < 4.78 is 41.3. The number of carbonyl (C=O) groups excluding carboxylic acids is 1.